The molecule has 3 rings (SSSR count). The molecule has 1 aliphatic heterocycles. The Morgan fingerprint density at radius 2 is 2.08 bits per heavy atom. The summed E-state index contributed by atoms with van der Waals surface area (Å²) in [6.07, 6.45) is 2.60. The quantitative estimate of drug-likeness (QED) is 0.888. The van der Waals surface area contributed by atoms with Crippen LogP contribution in [0.15, 0.2) is 41.4 Å². The van der Waals surface area contributed by atoms with E-state index in [1.807, 2.05) is 0 Å². The summed E-state index contributed by atoms with van der Waals surface area (Å²) in [5.41, 5.74) is 6.35. The van der Waals surface area contributed by atoms with Crippen LogP contribution in [-0.4, -0.2) is 31.0 Å². The molecule has 2 heterocycles. The fourth-order valence-corrected chi connectivity index (χ4v) is 4.25. The number of primary amides is 1. The van der Waals surface area contributed by atoms with E-state index in [0.29, 0.717) is 28.6 Å². The van der Waals surface area contributed by atoms with Crippen molar-refractivity contribution < 1.29 is 17.9 Å². The normalized spacial score (nSPS) is 17.4. The predicted molar refractivity (Wildman–Crippen MR) is 90.4 cm³/mol. The third-order valence-electron chi connectivity index (χ3n) is 3.88. The van der Waals surface area contributed by atoms with Gasteiger partial charge in [0.2, 0.25) is 5.95 Å². The molecule has 0 bridgehead atoms. The van der Waals surface area contributed by atoms with E-state index in [1.165, 1.54) is 12.3 Å². The predicted octanol–water partition coefficient (Wildman–Crippen LogP) is 1.91. The second-order valence-corrected chi connectivity index (χ2v) is 7.40. The van der Waals surface area contributed by atoms with Crippen LogP contribution in [-0.2, 0) is 14.8 Å². The number of hydrogen-bond acceptors (Lipinski definition) is 6. The number of nitrogens with two attached hydrogens (primary N) is 1. The third kappa shape index (κ3) is 3.33. The number of ether oxygens (including phenoxy) is 1. The Kier molecular flexibility index (Phi) is 4.69. The monoisotopic (exact) mass is 362 g/mol. The lowest BCUT2D eigenvalue weighted by Gasteiger charge is -2.21. The van der Waals surface area contributed by atoms with Gasteiger partial charge in [-0.05, 0) is 31.9 Å². The van der Waals surface area contributed by atoms with Crippen molar-refractivity contribution in [3.05, 3.63) is 47.8 Å². The van der Waals surface area contributed by atoms with Gasteiger partial charge in [0.05, 0.1) is 11.0 Å². The highest BCUT2D eigenvalue weighted by Gasteiger charge is 2.35. The van der Waals surface area contributed by atoms with Gasteiger partial charge < -0.3 is 10.5 Å². The lowest BCUT2D eigenvalue weighted by Crippen LogP contribution is -2.42. The summed E-state index contributed by atoms with van der Waals surface area (Å²) in [5, 5.41) is 0. The largest absolute Gasteiger partial charge is 0.373 e. The summed E-state index contributed by atoms with van der Waals surface area (Å²) < 4.78 is 32.3. The van der Waals surface area contributed by atoms with E-state index in [2.05, 4.69) is 9.97 Å². The SMILES string of the molecule is Cc1ccnc(N(C(N)=O)S(=O)(=O)c2ccccc2C2CCCO2)n1. The number of anilines is 1. The summed E-state index contributed by atoms with van der Waals surface area (Å²) in [5.74, 6) is -0.283. The number of aryl methyl sites for hydroxylation is 1. The Bertz CT molecular complexity index is 895. The summed E-state index contributed by atoms with van der Waals surface area (Å²) >= 11 is 0. The molecule has 1 aromatic heterocycles. The van der Waals surface area contributed by atoms with Crippen molar-refractivity contribution in [3.8, 4) is 0 Å². The first kappa shape index (κ1) is 17.3. The van der Waals surface area contributed by atoms with Gasteiger partial charge in [-0.3, -0.25) is 0 Å². The molecule has 1 atom stereocenters. The van der Waals surface area contributed by atoms with Crippen LogP contribution in [0.3, 0.4) is 0 Å². The molecule has 2 aromatic rings. The maximum Gasteiger partial charge on any atom is 0.336 e. The molecular weight excluding hydrogens is 344 g/mol. The molecule has 8 nitrogen and oxygen atoms in total. The van der Waals surface area contributed by atoms with E-state index in [9.17, 15) is 13.2 Å². The van der Waals surface area contributed by atoms with E-state index in [0.717, 1.165) is 6.42 Å². The highest BCUT2D eigenvalue weighted by molar-refractivity contribution is 7.93. The molecule has 9 heteroatoms. The molecule has 1 aromatic carbocycles. The molecule has 1 aliphatic rings. The topological polar surface area (TPSA) is 115 Å². The van der Waals surface area contributed by atoms with Crippen molar-refractivity contribution in [2.24, 2.45) is 5.73 Å². The number of rotatable bonds is 4. The van der Waals surface area contributed by atoms with E-state index < -0.39 is 16.1 Å². The van der Waals surface area contributed by atoms with Crippen LogP contribution >= 0.6 is 0 Å². The molecule has 2 amide bonds. The lowest BCUT2D eigenvalue weighted by atomic mass is 10.1. The molecule has 0 radical (unpaired) electrons. The lowest BCUT2D eigenvalue weighted by molar-refractivity contribution is 0.110. The Balaban J connectivity index is 2.12. The van der Waals surface area contributed by atoms with Crippen LogP contribution in [0.2, 0.25) is 0 Å². The van der Waals surface area contributed by atoms with Crippen LogP contribution < -0.4 is 10.0 Å². The fraction of sp³-hybridized carbons (Fsp3) is 0.312. The van der Waals surface area contributed by atoms with Crippen molar-refractivity contribution >= 4 is 22.0 Å². The molecule has 1 saturated heterocycles. The Hall–Kier alpha value is -2.52. The highest BCUT2D eigenvalue weighted by Crippen LogP contribution is 2.34. The first-order valence-electron chi connectivity index (χ1n) is 7.76. The summed E-state index contributed by atoms with van der Waals surface area (Å²) in [6, 6.07) is 6.84. The summed E-state index contributed by atoms with van der Waals surface area (Å²) in [7, 11) is -4.28. The van der Waals surface area contributed by atoms with Gasteiger partial charge in [-0.2, -0.15) is 0 Å². The number of amides is 2. The van der Waals surface area contributed by atoms with Crippen molar-refractivity contribution in [2.75, 3.05) is 10.9 Å². The Morgan fingerprint density at radius 1 is 1.32 bits per heavy atom. The number of benzene rings is 1. The number of hydrogen-bond donors (Lipinski definition) is 1. The first-order valence-corrected chi connectivity index (χ1v) is 9.20. The molecule has 2 N–H and O–H groups in total. The van der Waals surface area contributed by atoms with Gasteiger partial charge in [-0.1, -0.05) is 18.2 Å². The van der Waals surface area contributed by atoms with Gasteiger partial charge >= 0.3 is 6.03 Å². The molecule has 25 heavy (non-hydrogen) atoms. The van der Waals surface area contributed by atoms with Gasteiger partial charge in [0.1, 0.15) is 0 Å². The maximum absolute atomic E-state index is 13.2. The highest BCUT2D eigenvalue weighted by atomic mass is 32.2. The minimum Gasteiger partial charge on any atom is -0.373 e. The first-order chi connectivity index (χ1) is 11.9. The molecule has 0 aliphatic carbocycles. The van der Waals surface area contributed by atoms with Crippen LogP contribution in [0.1, 0.15) is 30.2 Å². The van der Waals surface area contributed by atoms with Gasteiger partial charge in [-0.25, -0.2) is 23.2 Å². The van der Waals surface area contributed by atoms with Crippen molar-refractivity contribution in [1.82, 2.24) is 9.97 Å². The van der Waals surface area contributed by atoms with Crippen LogP contribution in [0.4, 0.5) is 10.7 Å². The average molecular weight is 362 g/mol. The zero-order valence-corrected chi connectivity index (χ0v) is 14.4. The second-order valence-electron chi connectivity index (χ2n) is 5.65. The van der Waals surface area contributed by atoms with Crippen molar-refractivity contribution in [1.29, 1.82) is 0 Å². The molecule has 132 valence electrons. The zero-order valence-electron chi connectivity index (χ0n) is 13.6. The van der Waals surface area contributed by atoms with Crippen LogP contribution in [0, 0.1) is 6.92 Å². The summed E-state index contributed by atoms with van der Waals surface area (Å²) in [4.78, 5) is 19.8. The standard InChI is InChI=1S/C16H18N4O4S/c1-11-8-9-18-16(19-11)20(15(17)21)25(22,23)14-7-3-2-5-12(14)13-6-4-10-24-13/h2-3,5,7-9,13H,4,6,10H2,1H3,(H2,17,21). The van der Waals surface area contributed by atoms with Gasteiger partial charge in [0.15, 0.2) is 0 Å². The summed E-state index contributed by atoms with van der Waals surface area (Å²) in [6.45, 7) is 2.23. The zero-order chi connectivity index (χ0) is 18.0. The van der Waals surface area contributed by atoms with E-state index >= 15 is 0 Å². The van der Waals surface area contributed by atoms with Crippen LogP contribution in [0.25, 0.3) is 0 Å². The fourth-order valence-electron chi connectivity index (χ4n) is 2.76. The smallest absolute Gasteiger partial charge is 0.336 e. The molecule has 1 unspecified atom stereocenters. The van der Waals surface area contributed by atoms with E-state index in [1.54, 1.807) is 31.2 Å². The van der Waals surface area contributed by atoms with E-state index in [4.69, 9.17) is 10.5 Å². The number of nitrogens with zero attached hydrogens (tertiary/aromatic N) is 3. The Morgan fingerprint density at radius 3 is 2.72 bits per heavy atom. The van der Waals surface area contributed by atoms with Crippen molar-refractivity contribution in [3.63, 3.8) is 0 Å². The maximum atomic E-state index is 13.2. The van der Waals surface area contributed by atoms with Crippen LogP contribution in [0.5, 0.6) is 0 Å². The molecular formula is C16H18N4O4S. The van der Waals surface area contributed by atoms with Crippen molar-refractivity contribution in [2.45, 2.75) is 30.8 Å². The van der Waals surface area contributed by atoms with Gasteiger partial charge in [0.25, 0.3) is 10.0 Å². The van der Waals surface area contributed by atoms with Gasteiger partial charge in [0, 0.05) is 24.1 Å². The second kappa shape index (κ2) is 6.77. The number of aromatic nitrogens is 2. The van der Waals surface area contributed by atoms with E-state index in [-0.39, 0.29) is 16.9 Å². The number of carbonyl (C=O) groups is 1. The minimum atomic E-state index is -4.28. The van der Waals surface area contributed by atoms with Gasteiger partial charge in [-0.15, -0.1) is 4.31 Å². The third-order valence-corrected chi connectivity index (χ3v) is 5.63. The number of urea groups is 1. The number of sulfonamides is 1. The Labute approximate surface area is 145 Å². The molecule has 1 fully saturated rings. The molecule has 0 spiro atoms. The molecule has 0 saturated carbocycles. The minimum absolute atomic E-state index is 0.0363. The number of carbonyl (C=O) groups excluding carboxylic acids is 1. The average Bonchev–Trinajstić information content (AvgIpc) is 3.09.